The molecule has 2 fully saturated rings. The largest absolute Gasteiger partial charge is 0.370 e. The number of piperidine rings is 1. The van der Waals surface area contributed by atoms with Crippen LogP contribution in [0.15, 0.2) is 12.3 Å². The first-order valence-electron chi connectivity index (χ1n) is 11.4. The number of hydrogen-bond donors (Lipinski definition) is 0. The Morgan fingerprint density at radius 1 is 0.966 bits per heavy atom. The minimum Gasteiger partial charge on any atom is -0.370 e. The third-order valence-corrected chi connectivity index (χ3v) is 6.46. The van der Waals surface area contributed by atoms with E-state index in [0.717, 1.165) is 92.9 Å². The summed E-state index contributed by atoms with van der Waals surface area (Å²) in [6.45, 7) is 7.94. The summed E-state index contributed by atoms with van der Waals surface area (Å²) in [6, 6.07) is 2.12. The minimum atomic E-state index is 0.177. The van der Waals surface area contributed by atoms with Gasteiger partial charge in [0.05, 0.1) is 23.3 Å². The fraction of sp³-hybridized carbons (Fsp3) is 0.652. The lowest BCUT2D eigenvalue weighted by Gasteiger charge is -2.35. The number of fused-ring (bicyclic) bond motifs is 1. The van der Waals surface area contributed by atoms with E-state index in [4.69, 9.17) is 9.97 Å². The Kier molecular flexibility index (Phi) is 6.26. The molecule has 2 saturated heterocycles. The predicted octanol–water partition coefficient (Wildman–Crippen LogP) is 3.77. The van der Waals surface area contributed by atoms with E-state index in [1.165, 1.54) is 12.8 Å². The molecular formula is C23H33N5O. The zero-order chi connectivity index (χ0) is 20.2. The maximum absolute atomic E-state index is 12.9. The highest BCUT2D eigenvalue weighted by Crippen LogP contribution is 2.27. The van der Waals surface area contributed by atoms with Gasteiger partial charge in [0.1, 0.15) is 5.52 Å². The van der Waals surface area contributed by atoms with Crippen LogP contribution >= 0.6 is 0 Å². The lowest BCUT2D eigenvalue weighted by molar-refractivity contribution is -0.136. The minimum absolute atomic E-state index is 0.177. The Morgan fingerprint density at radius 3 is 2.28 bits per heavy atom. The summed E-state index contributed by atoms with van der Waals surface area (Å²) < 4.78 is 0. The van der Waals surface area contributed by atoms with Gasteiger partial charge in [-0.3, -0.25) is 4.79 Å². The van der Waals surface area contributed by atoms with E-state index < -0.39 is 0 Å². The summed E-state index contributed by atoms with van der Waals surface area (Å²) in [6.07, 6.45) is 10.4. The second kappa shape index (κ2) is 9.06. The molecule has 0 atom stereocenters. The number of hydrogen-bond acceptors (Lipinski definition) is 5. The summed E-state index contributed by atoms with van der Waals surface area (Å²) in [4.78, 5) is 31.5. The van der Waals surface area contributed by atoms with Gasteiger partial charge >= 0.3 is 0 Å². The fourth-order valence-corrected chi connectivity index (χ4v) is 4.68. The zero-order valence-corrected chi connectivity index (χ0v) is 17.9. The average Bonchev–Trinajstić information content (AvgIpc) is 3.07. The van der Waals surface area contributed by atoms with Crippen molar-refractivity contribution in [2.75, 3.05) is 31.1 Å². The molecule has 0 aromatic carbocycles. The SMILES string of the molecule is CCc1nc2cc(N3CCC(C(=O)N4CCCCCC4)CC3)cnc2nc1CC. The molecule has 2 aliphatic rings. The van der Waals surface area contributed by atoms with Crippen molar-refractivity contribution in [3.8, 4) is 0 Å². The second-order valence-corrected chi connectivity index (χ2v) is 8.36. The average molecular weight is 396 g/mol. The van der Waals surface area contributed by atoms with E-state index in [1.807, 2.05) is 6.20 Å². The van der Waals surface area contributed by atoms with E-state index in [-0.39, 0.29) is 5.92 Å². The van der Waals surface area contributed by atoms with Gasteiger partial charge in [0, 0.05) is 32.1 Å². The molecule has 2 aliphatic heterocycles. The summed E-state index contributed by atoms with van der Waals surface area (Å²) in [5.41, 5.74) is 4.82. The molecule has 0 saturated carbocycles. The first kappa shape index (κ1) is 20.0. The van der Waals surface area contributed by atoms with Gasteiger partial charge in [0.25, 0.3) is 0 Å². The number of pyridine rings is 1. The predicted molar refractivity (Wildman–Crippen MR) is 116 cm³/mol. The molecule has 0 bridgehead atoms. The molecule has 156 valence electrons. The third-order valence-electron chi connectivity index (χ3n) is 6.46. The number of carbonyl (C=O) groups excluding carboxylic acids is 1. The molecule has 29 heavy (non-hydrogen) atoms. The monoisotopic (exact) mass is 395 g/mol. The van der Waals surface area contributed by atoms with Crippen LogP contribution in [0.5, 0.6) is 0 Å². The third kappa shape index (κ3) is 4.36. The van der Waals surface area contributed by atoms with Crippen molar-refractivity contribution < 1.29 is 4.79 Å². The van der Waals surface area contributed by atoms with Crippen LogP contribution in [0.25, 0.3) is 11.2 Å². The smallest absolute Gasteiger partial charge is 0.225 e. The maximum atomic E-state index is 12.9. The number of rotatable bonds is 4. The number of aromatic nitrogens is 3. The highest BCUT2D eigenvalue weighted by atomic mass is 16.2. The summed E-state index contributed by atoms with van der Waals surface area (Å²) >= 11 is 0. The van der Waals surface area contributed by atoms with Crippen molar-refractivity contribution in [1.82, 2.24) is 19.9 Å². The maximum Gasteiger partial charge on any atom is 0.225 e. The van der Waals surface area contributed by atoms with Crippen molar-refractivity contribution >= 4 is 22.8 Å². The molecule has 4 rings (SSSR count). The molecule has 0 aliphatic carbocycles. The van der Waals surface area contributed by atoms with E-state index in [9.17, 15) is 4.79 Å². The lowest BCUT2D eigenvalue weighted by atomic mass is 9.95. The molecule has 0 N–H and O–H groups in total. The molecule has 0 unspecified atom stereocenters. The molecule has 1 amide bonds. The van der Waals surface area contributed by atoms with Crippen LogP contribution in [0.1, 0.15) is 63.8 Å². The van der Waals surface area contributed by atoms with Gasteiger partial charge in [-0.15, -0.1) is 0 Å². The number of anilines is 1. The first-order valence-corrected chi connectivity index (χ1v) is 11.4. The molecule has 0 spiro atoms. The van der Waals surface area contributed by atoms with Gasteiger partial charge in [0.15, 0.2) is 5.65 Å². The molecule has 0 radical (unpaired) electrons. The molecule has 4 heterocycles. The van der Waals surface area contributed by atoms with Gasteiger partial charge in [-0.05, 0) is 44.6 Å². The highest BCUT2D eigenvalue weighted by Gasteiger charge is 2.29. The van der Waals surface area contributed by atoms with E-state index in [2.05, 4.69) is 34.7 Å². The Labute approximate surface area is 173 Å². The van der Waals surface area contributed by atoms with Crippen LogP contribution in [0.4, 0.5) is 5.69 Å². The Morgan fingerprint density at radius 2 is 1.62 bits per heavy atom. The number of likely N-dealkylation sites (tertiary alicyclic amines) is 1. The Hall–Kier alpha value is -2.24. The van der Waals surface area contributed by atoms with Crippen LogP contribution in [0.3, 0.4) is 0 Å². The van der Waals surface area contributed by atoms with Crippen molar-refractivity contribution in [2.45, 2.75) is 65.2 Å². The number of amides is 1. The van der Waals surface area contributed by atoms with Crippen LogP contribution in [0, 0.1) is 5.92 Å². The van der Waals surface area contributed by atoms with Gasteiger partial charge in [-0.2, -0.15) is 0 Å². The molecule has 2 aromatic rings. The Balaban J connectivity index is 1.43. The fourth-order valence-electron chi connectivity index (χ4n) is 4.68. The van der Waals surface area contributed by atoms with Gasteiger partial charge in [-0.25, -0.2) is 15.0 Å². The van der Waals surface area contributed by atoms with Crippen LogP contribution < -0.4 is 4.90 Å². The quantitative estimate of drug-likeness (QED) is 0.789. The summed E-state index contributed by atoms with van der Waals surface area (Å²) in [5.74, 6) is 0.560. The molecule has 2 aromatic heterocycles. The van der Waals surface area contributed by atoms with E-state index >= 15 is 0 Å². The van der Waals surface area contributed by atoms with E-state index in [1.54, 1.807) is 0 Å². The normalized spacial score (nSPS) is 18.8. The zero-order valence-electron chi connectivity index (χ0n) is 17.9. The molecular weight excluding hydrogens is 362 g/mol. The van der Waals surface area contributed by atoms with Gasteiger partial charge in [-0.1, -0.05) is 26.7 Å². The summed E-state index contributed by atoms with van der Waals surface area (Å²) in [5, 5.41) is 0. The van der Waals surface area contributed by atoms with Crippen LogP contribution in [-0.2, 0) is 17.6 Å². The van der Waals surface area contributed by atoms with Crippen molar-refractivity contribution in [2.24, 2.45) is 5.92 Å². The van der Waals surface area contributed by atoms with Gasteiger partial charge in [0.2, 0.25) is 5.91 Å². The van der Waals surface area contributed by atoms with E-state index in [0.29, 0.717) is 5.91 Å². The highest BCUT2D eigenvalue weighted by molar-refractivity contribution is 5.79. The first-order chi connectivity index (χ1) is 14.2. The molecule has 6 heteroatoms. The van der Waals surface area contributed by atoms with Crippen molar-refractivity contribution in [3.63, 3.8) is 0 Å². The molecule has 6 nitrogen and oxygen atoms in total. The van der Waals surface area contributed by atoms with Crippen LogP contribution in [0.2, 0.25) is 0 Å². The Bertz CT molecular complexity index is 852. The lowest BCUT2D eigenvalue weighted by Crippen LogP contribution is -2.43. The second-order valence-electron chi connectivity index (χ2n) is 8.36. The van der Waals surface area contributed by atoms with Crippen LogP contribution in [-0.4, -0.2) is 51.9 Å². The number of nitrogens with zero attached hydrogens (tertiary/aromatic N) is 5. The van der Waals surface area contributed by atoms with Crippen molar-refractivity contribution in [3.05, 3.63) is 23.7 Å². The summed E-state index contributed by atoms with van der Waals surface area (Å²) in [7, 11) is 0. The number of aryl methyl sites for hydroxylation is 2. The van der Waals surface area contributed by atoms with Crippen molar-refractivity contribution in [1.29, 1.82) is 0 Å². The number of carbonyl (C=O) groups is 1. The standard InChI is InChI=1S/C23H33N5O/c1-3-19-20(4-2)26-22-21(25-19)15-18(16-24-22)27-13-9-17(10-14-27)23(29)28-11-7-5-6-8-12-28/h15-17H,3-14H2,1-2H3. The topological polar surface area (TPSA) is 62.2 Å². The van der Waals surface area contributed by atoms with Gasteiger partial charge < -0.3 is 9.80 Å².